The summed E-state index contributed by atoms with van der Waals surface area (Å²) in [5, 5.41) is 0. The van der Waals surface area contributed by atoms with Crippen molar-refractivity contribution in [2.24, 2.45) is 11.8 Å². The van der Waals surface area contributed by atoms with Gasteiger partial charge in [-0.3, -0.25) is 0 Å². The molecule has 12 heavy (non-hydrogen) atoms. The molecule has 0 aromatic carbocycles. The second-order valence-electron chi connectivity index (χ2n) is 4.51. The van der Waals surface area contributed by atoms with E-state index < -0.39 is 0 Å². The van der Waals surface area contributed by atoms with Crippen molar-refractivity contribution in [2.75, 3.05) is 6.61 Å². The molecule has 0 amide bonds. The van der Waals surface area contributed by atoms with Crippen LogP contribution in [0.5, 0.6) is 0 Å². The Labute approximate surface area is 75.2 Å². The molecule has 1 heterocycles. The smallest absolute Gasteiger partial charge is 0.163 e. The van der Waals surface area contributed by atoms with Gasteiger partial charge in [-0.1, -0.05) is 20.8 Å². The summed E-state index contributed by atoms with van der Waals surface area (Å²) in [5.74, 6) is 0.697. The molecule has 2 heteroatoms. The van der Waals surface area contributed by atoms with Gasteiger partial charge in [-0.25, -0.2) is 0 Å². The van der Waals surface area contributed by atoms with E-state index in [9.17, 15) is 0 Å². The van der Waals surface area contributed by atoms with Crippen LogP contribution >= 0.6 is 0 Å². The van der Waals surface area contributed by atoms with Gasteiger partial charge in [0, 0.05) is 5.92 Å². The van der Waals surface area contributed by atoms with E-state index in [4.69, 9.17) is 9.47 Å². The van der Waals surface area contributed by atoms with Gasteiger partial charge >= 0.3 is 0 Å². The maximum Gasteiger partial charge on any atom is 0.163 e. The second kappa shape index (κ2) is 3.35. The van der Waals surface area contributed by atoms with E-state index in [0.717, 1.165) is 6.61 Å². The molecule has 0 bridgehead atoms. The van der Waals surface area contributed by atoms with Crippen LogP contribution in [-0.4, -0.2) is 18.5 Å². The zero-order valence-corrected chi connectivity index (χ0v) is 8.76. The average Bonchev–Trinajstić information content (AvgIpc) is 1.94. The summed E-state index contributed by atoms with van der Waals surface area (Å²) in [7, 11) is 0. The zero-order valence-electron chi connectivity index (χ0n) is 8.76. The highest BCUT2D eigenvalue weighted by Gasteiger charge is 2.35. The van der Waals surface area contributed by atoms with Crippen LogP contribution in [0, 0.1) is 11.8 Å². The summed E-state index contributed by atoms with van der Waals surface area (Å²) in [4.78, 5) is 0. The highest BCUT2D eigenvalue weighted by atomic mass is 16.7. The zero-order chi connectivity index (χ0) is 9.35. The molecular weight excluding hydrogens is 152 g/mol. The van der Waals surface area contributed by atoms with Gasteiger partial charge in [0.15, 0.2) is 5.79 Å². The molecule has 0 radical (unpaired) electrons. The first-order chi connectivity index (χ1) is 5.42. The van der Waals surface area contributed by atoms with Crippen molar-refractivity contribution < 1.29 is 9.47 Å². The Balaban J connectivity index is 2.59. The van der Waals surface area contributed by atoms with Crippen molar-refractivity contribution in [3.05, 3.63) is 0 Å². The fourth-order valence-electron chi connectivity index (χ4n) is 1.70. The van der Waals surface area contributed by atoms with E-state index >= 15 is 0 Å². The van der Waals surface area contributed by atoms with Crippen LogP contribution in [0.2, 0.25) is 0 Å². The van der Waals surface area contributed by atoms with E-state index in [1.54, 1.807) is 0 Å². The molecule has 0 aliphatic carbocycles. The normalized spacial score (nSPS) is 35.5. The molecule has 1 rings (SSSR count). The molecule has 1 saturated heterocycles. The van der Waals surface area contributed by atoms with Gasteiger partial charge in [-0.2, -0.15) is 0 Å². The molecule has 2 nitrogen and oxygen atoms in total. The van der Waals surface area contributed by atoms with Gasteiger partial charge in [-0.15, -0.1) is 0 Å². The molecule has 1 fully saturated rings. The summed E-state index contributed by atoms with van der Waals surface area (Å²) in [5.41, 5.74) is 0. The molecule has 1 aliphatic heterocycles. The maximum atomic E-state index is 5.83. The van der Waals surface area contributed by atoms with Crippen LogP contribution in [0.15, 0.2) is 0 Å². The molecule has 0 aromatic heterocycles. The largest absolute Gasteiger partial charge is 0.350 e. The third-order valence-corrected chi connectivity index (χ3v) is 2.33. The van der Waals surface area contributed by atoms with Crippen LogP contribution in [0.3, 0.4) is 0 Å². The average molecular weight is 172 g/mol. The van der Waals surface area contributed by atoms with Gasteiger partial charge in [0.05, 0.1) is 12.7 Å². The first-order valence-corrected chi connectivity index (χ1v) is 4.74. The summed E-state index contributed by atoms with van der Waals surface area (Å²) in [6, 6.07) is 0. The molecule has 0 N–H and O–H groups in total. The summed E-state index contributed by atoms with van der Waals surface area (Å²) in [6.45, 7) is 11.4. The number of rotatable bonds is 1. The molecule has 0 aromatic rings. The first kappa shape index (κ1) is 10.0. The lowest BCUT2D eigenvalue weighted by Crippen LogP contribution is -2.46. The highest BCUT2D eigenvalue weighted by Crippen LogP contribution is 2.29. The quantitative estimate of drug-likeness (QED) is 0.604. The topological polar surface area (TPSA) is 18.5 Å². The van der Waals surface area contributed by atoms with Crippen molar-refractivity contribution in [1.29, 1.82) is 0 Å². The number of hydrogen-bond acceptors (Lipinski definition) is 2. The lowest BCUT2D eigenvalue weighted by Gasteiger charge is -2.41. The molecule has 0 unspecified atom stereocenters. The van der Waals surface area contributed by atoms with Gasteiger partial charge in [0.25, 0.3) is 0 Å². The van der Waals surface area contributed by atoms with E-state index in [0.29, 0.717) is 17.9 Å². The first-order valence-electron chi connectivity index (χ1n) is 4.74. The Morgan fingerprint density at radius 2 is 1.92 bits per heavy atom. The molecule has 2 atom stereocenters. The van der Waals surface area contributed by atoms with Crippen LogP contribution in [0.1, 0.15) is 34.6 Å². The second-order valence-corrected chi connectivity index (χ2v) is 4.51. The third kappa shape index (κ3) is 2.20. The van der Waals surface area contributed by atoms with Crippen molar-refractivity contribution in [3.63, 3.8) is 0 Å². The van der Waals surface area contributed by atoms with Crippen LogP contribution < -0.4 is 0 Å². The minimum atomic E-state index is -0.387. The van der Waals surface area contributed by atoms with Gasteiger partial charge in [-0.05, 0) is 19.8 Å². The Morgan fingerprint density at radius 3 is 2.33 bits per heavy atom. The van der Waals surface area contributed by atoms with E-state index in [1.165, 1.54) is 0 Å². The maximum absolute atomic E-state index is 5.83. The van der Waals surface area contributed by atoms with Gasteiger partial charge in [0.1, 0.15) is 0 Å². The SMILES string of the molecule is CC(C)[C@H]1OC(C)(C)OC[C@H]1C. The Hall–Kier alpha value is -0.0800. The molecule has 72 valence electrons. The molecule has 1 aliphatic rings. The van der Waals surface area contributed by atoms with Crippen LogP contribution in [-0.2, 0) is 9.47 Å². The lowest BCUT2D eigenvalue weighted by atomic mass is 9.94. The monoisotopic (exact) mass is 172 g/mol. The number of ether oxygens (including phenoxy) is 2. The summed E-state index contributed by atoms with van der Waals surface area (Å²) < 4.78 is 11.4. The van der Waals surface area contributed by atoms with Crippen molar-refractivity contribution >= 4 is 0 Å². The minimum Gasteiger partial charge on any atom is -0.350 e. The van der Waals surface area contributed by atoms with Crippen molar-refractivity contribution in [3.8, 4) is 0 Å². The third-order valence-electron chi connectivity index (χ3n) is 2.33. The van der Waals surface area contributed by atoms with E-state index in [-0.39, 0.29) is 5.79 Å². The standard InChI is InChI=1S/C10H20O2/c1-7(2)9-8(3)6-11-10(4,5)12-9/h7-9H,6H2,1-5H3/t8-,9-/m1/s1. The predicted molar refractivity (Wildman–Crippen MR) is 48.9 cm³/mol. The molecular formula is C10H20O2. The summed E-state index contributed by atoms with van der Waals surface area (Å²) in [6.07, 6.45) is 0.341. The van der Waals surface area contributed by atoms with Crippen LogP contribution in [0.4, 0.5) is 0 Å². The van der Waals surface area contributed by atoms with Gasteiger partial charge < -0.3 is 9.47 Å². The van der Waals surface area contributed by atoms with E-state index in [1.807, 2.05) is 13.8 Å². The van der Waals surface area contributed by atoms with Crippen LogP contribution in [0.25, 0.3) is 0 Å². The fraction of sp³-hybridized carbons (Fsp3) is 1.00. The Bertz CT molecular complexity index is 152. The van der Waals surface area contributed by atoms with E-state index in [2.05, 4.69) is 20.8 Å². The highest BCUT2D eigenvalue weighted by molar-refractivity contribution is 4.76. The minimum absolute atomic E-state index is 0.341. The lowest BCUT2D eigenvalue weighted by molar-refractivity contribution is -0.298. The number of hydrogen-bond donors (Lipinski definition) is 0. The van der Waals surface area contributed by atoms with Gasteiger partial charge in [0.2, 0.25) is 0 Å². The predicted octanol–water partition coefficient (Wildman–Crippen LogP) is 2.43. The van der Waals surface area contributed by atoms with Crippen molar-refractivity contribution in [2.45, 2.75) is 46.5 Å². The van der Waals surface area contributed by atoms with Crippen molar-refractivity contribution in [1.82, 2.24) is 0 Å². The Kier molecular flexibility index (Phi) is 2.79. The summed E-state index contributed by atoms with van der Waals surface area (Å²) >= 11 is 0. The molecule has 0 saturated carbocycles. The molecule has 0 spiro atoms. The Morgan fingerprint density at radius 1 is 1.33 bits per heavy atom. The fourth-order valence-corrected chi connectivity index (χ4v) is 1.70.